The molecule has 0 aliphatic carbocycles. The summed E-state index contributed by atoms with van der Waals surface area (Å²) in [6.07, 6.45) is -4.30. The largest absolute Gasteiger partial charge is 0.490 e. The number of aryl methyl sites for hydroxylation is 1. The van der Waals surface area contributed by atoms with E-state index in [2.05, 4.69) is 46.9 Å². The Labute approximate surface area is 215 Å². The summed E-state index contributed by atoms with van der Waals surface area (Å²) in [5.74, 6) is -4.63. The number of hydrogen-bond acceptors (Lipinski definition) is 6. The first-order chi connectivity index (χ1) is 17.3. The summed E-state index contributed by atoms with van der Waals surface area (Å²) in [6, 6.07) is 0. The number of piperidine rings is 1. The minimum Gasteiger partial charge on any atom is -0.475 e. The molecule has 1 spiro atoms. The number of piperazine rings is 1. The molecule has 1 aromatic rings. The van der Waals surface area contributed by atoms with Gasteiger partial charge in [0.15, 0.2) is 0 Å². The Balaban J connectivity index is 0.000000426. The molecule has 0 bridgehead atoms. The van der Waals surface area contributed by atoms with E-state index in [0.717, 1.165) is 52.1 Å². The Hall–Kier alpha value is -2.88. The normalized spacial score (nSPS) is 18.5. The number of carbonyl (C=O) groups is 3. The standard InChI is InChI=1S/C18H31N5O.2C2HF3O2/c1-15(2)12-23-10-9-20(3)18(17(23)24)5-7-22(8-6-18)14-16-11-19-21(4)13-16;2*3-2(4,5)1(6)7/h11,13,15H,5-10,12,14H2,1-4H3;2*(H,6,7). The van der Waals surface area contributed by atoms with Gasteiger partial charge in [-0.2, -0.15) is 31.4 Å². The van der Waals surface area contributed by atoms with Crippen molar-refractivity contribution in [3.05, 3.63) is 18.0 Å². The molecule has 2 aliphatic rings. The molecular weight excluding hydrogens is 528 g/mol. The highest BCUT2D eigenvalue weighted by Crippen LogP contribution is 2.33. The number of carboxylic acids is 2. The van der Waals surface area contributed by atoms with Crippen LogP contribution >= 0.6 is 0 Å². The number of carbonyl (C=O) groups excluding carboxylic acids is 1. The molecule has 3 heterocycles. The highest BCUT2D eigenvalue weighted by molar-refractivity contribution is 5.87. The van der Waals surface area contributed by atoms with Crippen molar-refractivity contribution in [3.63, 3.8) is 0 Å². The first kappa shape index (κ1) is 33.1. The number of aromatic nitrogens is 2. The molecule has 0 radical (unpaired) electrons. The maximum absolute atomic E-state index is 13.2. The molecule has 1 amide bonds. The van der Waals surface area contributed by atoms with Crippen LogP contribution in [0.1, 0.15) is 32.3 Å². The Morgan fingerprint density at radius 3 is 1.82 bits per heavy atom. The lowest BCUT2D eigenvalue weighted by molar-refractivity contribution is -0.193. The van der Waals surface area contributed by atoms with Crippen LogP contribution in [0.5, 0.6) is 0 Å². The topological polar surface area (TPSA) is 119 Å². The fourth-order valence-electron chi connectivity index (χ4n) is 4.15. The number of hydrogen-bond donors (Lipinski definition) is 2. The third kappa shape index (κ3) is 9.78. The molecule has 1 aromatic heterocycles. The summed E-state index contributed by atoms with van der Waals surface area (Å²) in [7, 11) is 4.08. The van der Waals surface area contributed by atoms with Crippen LogP contribution in [0.4, 0.5) is 26.3 Å². The van der Waals surface area contributed by atoms with Gasteiger partial charge in [0.25, 0.3) is 0 Å². The van der Waals surface area contributed by atoms with Gasteiger partial charge >= 0.3 is 24.3 Å². The molecule has 2 N–H and O–H groups in total. The van der Waals surface area contributed by atoms with E-state index in [1.54, 1.807) is 0 Å². The second-order valence-electron chi connectivity index (χ2n) is 9.50. The molecule has 2 aliphatic heterocycles. The highest BCUT2D eigenvalue weighted by atomic mass is 19.4. The molecule has 3 rings (SSSR count). The Morgan fingerprint density at radius 1 is 0.974 bits per heavy atom. The molecule has 0 aromatic carbocycles. The van der Waals surface area contributed by atoms with Crippen molar-refractivity contribution in [2.75, 3.05) is 39.8 Å². The van der Waals surface area contributed by atoms with E-state index >= 15 is 0 Å². The third-order valence-corrected chi connectivity index (χ3v) is 6.04. The SMILES string of the molecule is CC(C)CN1CCN(C)C2(CCN(Cc3cnn(C)c3)CC2)C1=O.O=C(O)C(F)(F)F.O=C(O)C(F)(F)F. The van der Waals surface area contributed by atoms with E-state index in [9.17, 15) is 31.1 Å². The van der Waals surface area contributed by atoms with Crippen molar-refractivity contribution in [3.8, 4) is 0 Å². The number of likely N-dealkylation sites (N-methyl/N-ethyl adjacent to an activating group) is 1. The van der Waals surface area contributed by atoms with Crippen LogP contribution in [0.25, 0.3) is 0 Å². The summed E-state index contributed by atoms with van der Waals surface area (Å²) >= 11 is 0. The Morgan fingerprint density at radius 2 is 1.45 bits per heavy atom. The van der Waals surface area contributed by atoms with E-state index in [0.29, 0.717) is 11.8 Å². The molecule has 0 saturated carbocycles. The van der Waals surface area contributed by atoms with Crippen LogP contribution in [-0.2, 0) is 28.0 Å². The first-order valence-electron chi connectivity index (χ1n) is 11.6. The molecule has 2 fully saturated rings. The van der Waals surface area contributed by atoms with E-state index in [-0.39, 0.29) is 5.54 Å². The zero-order chi connectivity index (χ0) is 29.5. The van der Waals surface area contributed by atoms with Crippen LogP contribution in [0.2, 0.25) is 0 Å². The lowest BCUT2D eigenvalue weighted by Gasteiger charge is -2.52. The predicted molar refractivity (Wildman–Crippen MR) is 122 cm³/mol. The van der Waals surface area contributed by atoms with Gasteiger partial charge in [0.1, 0.15) is 5.54 Å². The maximum Gasteiger partial charge on any atom is 0.490 e. The number of halogens is 6. The van der Waals surface area contributed by atoms with Crippen LogP contribution in [-0.4, -0.2) is 110 Å². The fraction of sp³-hybridized carbons (Fsp3) is 0.727. The predicted octanol–water partition coefficient (Wildman–Crippen LogP) is 2.45. The summed E-state index contributed by atoms with van der Waals surface area (Å²) in [4.78, 5) is 37.8. The summed E-state index contributed by atoms with van der Waals surface area (Å²) < 4.78 is 65.3. The average Bonchev–Trinajstić information content (AvgIpc) is 3.19. The first-order valence-corrected chi connectivity index (χ1v) is 11.6. The summed E-state index contributed by atoms with van der Waals surface area (Å²) in [5, 5.41) is 18.5. The van der Waals surface area contributed by atoms with Gasteiger partial charge in [-0.1, -0.05) is 13.8 Å². The second-order valence-corrected chi connectivity index (χ2v) is 9.50. The van der Waals surface area contributed by atoms with Crippen molar-refractivity contribution >= 4 is 17.8 Å². The average molecular weight is 562 g/mol. The lowest BCUT2D eigenvalue weighted by atomic mass is 9.82. The maximum atomic E-state index is 13.2. The van der Waals surface area contributed by atoms with E-state index in [1.165, 1.54) is 5.56 Å². The molecule has 0 unspecified atom stereocenters. The number of aliphatic carboxylic acids is 2. The van der Waals surface area contributed by atoms with Crippen molar-refractivity contribution < 1.29 is 50.9 Å². The Bertz CT molecular complexity index is 918. The number of nitrogens with zero attached hydrogens (tertiary/aromatic N) is 5. The van der Waals surface area contributed by atoms with Crippen LogP contribution in [0, 0.1) is 5.92 Å². The highest BCUT2D eigenvalue weighted by Gasteiger charge is 2.49. The van der Waals surface area contributed by atoms with Crippen molar-refractivity contribution in [1.82, 2.24) is 24.5 Å². The third-order valence-electron chi connectivity index (χ3n) is 6.04. The summed E-state index contributed by atoms with van der Waals surface area (Å²) in [5.41, 5.74) is 0.969. The zero-order valence-electron chi connectivity index (χ0n) is 21.5. The van der Waals surface area contributed by atoms with Crippen LogP contribution in [0.3, 0.4) is 0 Å². The Kier molecular flexibility index (Phi) is 11.6. The minimum absolute atomic E-state index is 0.279. The molecule has 2 saturated heterocycles. The van der Waals surface area contributed by atoms with E-state index in [4.69, 9.17) is 19.8 Å². The van der Waals surface area contributed by atoms with Gasteiger partial charge < -0.3 is 15.1 Å². The van der Waals surface area contributed by atoms with Gasteiger partial charge in [-0.3, -0.25) is 19.3 Å². The van der Waals surface area contributed by atoms with Gasteiger partial charge in [0.05, 0.1) is 6.20 Å². The van der Waals surface area contributed by atoms with Gasteiger partial charge in [0, 0.05) is 58.1 Å². The van der Waals surface area contributed by atoms with Crippen molar-refractivity contribution in [2.24, 2.45) is 13.0 Å². The number of alkyl halides is 6. The second kappa shape index (κ2) is 13.3. The number of likely N-dealkylation sites (tertiary alicyclic amines) is 1. The molecular formula is C22H33F6N5O5. The smallest absolute Gasteiger partial charge is 0.475 e. The summed E-state index contributed by atoms with van der Waals surface area (Å²) in [6.45, 7) is 9.99. The molecule has 38 heavy (non-hydrogen) atoms. The number of carboxylic acid groups (broad SMARTS) is 2. The van der Waals surface area contributed by atoms with E-state index < -0.39 is 24.3 Å². The quantitative estimate of drug-likeness (QED) is 0.539. The fourth-order valence-corrected chi connectivity index (χ4v) is 4.15. The monoisotopic (exact) mass is 561 g/mol. The van der Waals surface area contributed by atoms with Crippen LogP contribution in [0.15, 0.2) is 12.4 Å². The number of rotatable bonds is 4. The number of amides is 1. The zero-order valence-corrected chi connectivity index (χ0v) is 21.5. The van der Waals surface area contributed by atoms with Crippen LogP contribution < -0.4 is 0 Å². The molecule has 218 valence electrons. The lowest BCUT2D eigenvalue weighted by Crippen LogP contribution is -2.67. The van der Waals surface area contributed by atoms with Crippen molar-refractivity contribution in [1.29, 1.82) is 0 Å². The van der Waals surface area contributed by atoms with Gasteiger partial charge in [-0.05, 0) is 25.8 Å². The molecule has 0 atom stereocenters. The molecule has 16 heteroatoms. The minimum atomic E-state index is -5.08. The van der Waals surface area contributed by atoms with E-state index in [1.807, 2.05) is 17.9 Å². The van der Waals surface area contributed by atoms with Gasteiger partial charge in [-0.25, -0.2) is 9.59 Å². The van der Waals surface area contributed by atoms with Gasteiger partial charge in [-0.15, -0.1) is 0 Å². The van der Waals surface area contributed by atoms with Crippen molar-refractivity contribution in [2.45, 2.75) is 51.1 Å². The van der Waals surface area contributed by atoms with Gasteiger partial charge in [0.2, 0.25) is 5.91 Å². The molecule has 10 nitrogen and oxygen atoms in total.